The zero-order chi connectivity index (χ0) is 17.3. The second-order valence-corrected chi connectivity index (χ2v) is 7.13. The minimum atomic E-state index is -0.422. The van der Waals surface area contributed by atoms with Gasteiger partial charge in [-0.15, -0.1) is 0 Å². The lowest BCUT2D eigenvalue weighted by Gasteiger charge is -2.53. The van der Waals surface area contributed by atoms with E-state index < -0.39 is 5.91 Å². The Morgan fingerprint density at radius 1 is 1.33 bits per heavy atom. The summed E-state index contributed by atoms with van der Waals surface area (Å²) in [7, 11) is 0. The van der Waals surface area contributed by atoms with Crippen molar-refractivity contribution in [2.75, 3.05) is 19.7 Å². The van der Waals surface area contributed by atoms with Gasteiger partial charge in [0.2, 0.25) is 11.8 Å². The van der Waals surface area contributed by atoms with Crippen molar-refractivity contribution < 1.29 is 14.3 Å². The molecule has 3 rings (SSSR count). The monoisotopic (exact) mass is 334 g/mol. The highest BCUT2D eigenvalue weighted by Gasteiger charge is 2.49. The van der Waals surface area contributed by atoms with Crippen LogP contribution in [0.5, 0.6) is 0 Å². The lowest BCUT2D eigenvalue weighted by molar-refractivity contribution is -0.156. The molecule has 2 aliphatic rings. The third-order valence-electron chi connectivity index (χ3n) is 5.51. The van der Waals surface area contributed by atoms with Gasteiger partial charge < -0.3 is 15.4 Å². The number of aryl methyl sites for hydroxylation is 2. The third kappa shape index (κ3) is 3.31. The average Bonchev–Trinajstić information content (AvgIpc) is 2.83. The first-order valence-corrected chi connectivity index (χ1v) is 8.58. The molecule has 1 saturated carbocycles. The van der Waals surface area contributed by atoms with E-state index >= 15 is 0 Å². The smallest absolute Gasteiger partial charge is 0.244 e. The molecule has 1 atom stereocenters. The van der Waals surface area contributed by atoms with E-state index in [1.807, 2.05) is 24.8 Å². The van der Waals surface area contributed by atoms with Gasteiger partial charge in [-0.1, -0.05) is 0 Å². The molecule has 132 valence electrons. The van der Waals surface area contributed by atoms with Gasteiger partial charge in [0.1, 0.15) is 13.2 Å². The van der Waals surface area contributed by atoms with Crippen LogP contribution in [0.25, 0.3) is 0 Å². The van der Waals surface area contributed by atoms with E-state index in [0.29, 0.717) is 6.54 Å². The first-order valence-electron chi connectivity index (χ1n) is 8.58. The second-order valence-electron chi connectivity index (χ2n) is 7.13. The van der Waals surface area contributed by atoms with Gasteiger partial charge in [0.25, 0.3) is 0 Å². The van der Waals surface area contributed by atoms with E-state index in [2.05, 4.69) is 5.10 Å². The molecule has 24 heavy (non-hydrogen) atoms. The number of hydrogen-bond donors (Lipinski definition) is 1. The molecule has 2 amide bonds. The lowest BCUT2D eigenvalue weighted by Crippen LogP contribution is -2.55. The van der Waals surface area contributed by atoms with Crippen LogP contribution >= 0.6 is 0 Å². The summed E-state index contributed by atoms with van der Waals surface area (Å²) in [6, 6.07) is 1.98. The molecular formula is C17H26N4O3. The minimum absolute atomic E-state index is 0.00696. The zero-order valence-electron chi connectivity index (χ0n) is 14.5. The maximum absolute atomic E-state index is 12.5. The second kappa shape index (κ2) is 6.55. The Morgan fingerprint density at radius 3 is 2.54 bits per heavy atom. The first kappa shape index (κ1) is 17.0. The molecule has 1 unspecified atom stereocenters. The van der Waals surface area contributed by atoms with E-state index in [4.69, 9.17) is 10.5 Å². The first-order chi connectivity index (χ1) is 11.4. The summed E-state index contributed by atoms with van der Waals surface area (Å²) in [5.41, 5.74) is 7.23. The van der Waals surface area contributed by atoms with Crippen LogP contribution in [0.2, 0.25) is 0 Å². The Bertz CT molecular complexity index is 632. The number of primary amides is 1. The molecule has 7 heteroatoms. The number of ether oxygens (including phenoxy) is 1. The summed E-state index contributed by atoms with van der Waals surface area (Å²) in [5, 5.41) is 4.36. The van der Waals surface area contributed by atoms with E-state index in [1.54, 1.807) is 4.68 Å². The number of carbonyl (C=O) groups is 2. The van der Waals surface area contributed by atoms with E-state index in [1.165, 1.54) is 0 Å². The predicted molar refractivity (Wildman–Crippen MR) is 88.1 cm³/mol. The normalized spacial score (nSPS) is 22.4. The van der Waals surface area contributed by atoms with Crippen molar-refractivity contribution in [1.82, 2.24) is 14.7 Å². The standard InChI is InChI=1S/C17H26N4O3/c1-12-9-13(2)21(19-12)10-16(23)20-7-5-17(6-8-20)4-3-14(17)24-11-15(18)22/h9,14H,3-8,10-11H2,1-2H3,(H2,18,22). The highest BCUT2D eigenvalue weighted by Crippen LogP contribution is 2.50. The predicted octanol–water partition coefficient (Wildman–Crippen LogP) is 0.773. The molecule has 2 heterocycles. The van der Waals surface area contributed by atoms with E-state index in [9.17, 15) is 9.59 Å². The van der Waals surface area contributed by atoms with E-state index in [-0.39, 0.29) is 24.0 Å². The molecule has 1 aromatic heterocycles. The van der Waals surface area contributed by atoms with Crippen molar-refractivity contribution in [2.24, 2.45) is 11.1 Å². The molecule has 1 aromatic rings. The van der Waals surface area contributed by atoms with Crippen molar-refractivity contribution in [3.63, 3.8) is 0 Å². The minimum Gasteiger partial charge on any atom is -0.368 e. The Kier molecular flexibility index (Phi) is 4.62. The fourth-order valence-corrected chi connectivity index (χ4v) is 3.95. The number of piperidine rings is 1. The average molecular weight is 334 g/mol. The van der Waals surface area contributed by atoms with Crippen LogP contribution in [-0.2, 0) is 20.9 Å². The van der Waals surface area contributed by atoms with Gasteiger partial charge in [-0.25, -0.2) is 0 Å². The summed E-state index contributed by atoms with van der Waals surface area (Å²) in [6.45, 7) is 5.68. The van der Waals surface area contributed by atoms with Gasteiger partial charge in [-0.3, -0.25) is 14.3 Å². The molecule has 1 saturated heterocycles. The van der Waals surface area contributed by atoms with Crippen molar-refractivity contribution >= 4 is 11.8 Å². The maximum Gasteiger partial charge on any atom is 0.244 e. The molecular weight excluding hydrogens is 308 g/mol. The number of nitrogens with zero attached hydrogens (tertiary/aromatic N) is 3. The lowest BCUT2D eigenvalue weighted by atomic mass is 9.60. The number of likely N-dealkylation sites (tertiary alicyclic amines) is 1. The van der Waals surface area contributed by atoms with Crippen LogP contribution in [-0.4, -0.2) is 52.3 Å². The van der Waals surface area contributed by atoms with Crippen LogP contribution in [0, 0.1) is 19.3 Å². The Labute approximate surface area is 142 Å². The van der Waals surface area contributed by atoms with Crippen molar-refractivity contribution in [2.45, 2.75) is 52.2 Å². The number of nitrogens with two attached hydrogens (primary N) is 1. The number of aromatic nitrogens is 2. The number of rotatable bonds is 5. The van der Waals surface area contributed by atoms with Gasteiger partial charge in [-0.05, 0) is 45.6 Å². The third-order valence-corrected chi connectivity index (χ3v) is 5.51. The van der Waals surface area contributed by atoms with Crippen molar-refractivity contribution in [3.05, 3.63) is 17.5 Å². The van der Waals surface area contributed by atoms with Gasteiger partial charge in [0, 0.05) is 24.2 Å². The molecule has 1 aliphatic heterocycles. The van der Waals surface area contributed by atoms with Gasteiger partial charge >= 0.3 is 0 Å². The Morgan fingerprint density at radius 2 is 2.04 bits per heavy atom. The van der Waals surface area contributed by atoms with Crippen LogP contribution in [0.15, 0.2) is 6.07 Å². The summed E-state index contributed by atoms with van der Waals surface area (Å²) in [4.78, 5) is 25.3. The number of amides is 2. The van der Waals surface area contributed by atoms with E-state index in [0.717, 1.165) is 50.2 Å². The fourth-order valence-electron chi connectivity index (χ4n) is 3.95. The van der Waals surface area contributed by atoms with Crippen LogP contribution < -0.4 is 5.73 Å². The number of carbonyl (C=O) groups excluding carboxylic acids is 2. The van der Waals surface area contributed by atoms with Crippen LogP contribution in [0.4, 0.5) is 0 Å². The fraction of sp³-hybridized carbons (Fsp3) is 0.706. The molecule has 2 N–H and O–H groups in total. The van der Waals surface area contributed by atoms with Gasteiger partial charge in [-0.2, -0.15) is 5.10 Å². The maximum atomic E-state index is 12.5. The summed E-state index contributed by atoms with van der Waals surface area (Å²) < 4.78 is 7.42. The van der Waals surface area contributed by atoms with Gasteiger partial charge in [0.05, 0.1) is 11.8 Å². The SMILES string of the molecule is Cc1cc(C)n(CC(=O)N2CCC3(CCC3OCC(N)=O)CC2)n1. The summed E-state index contributed by atoms with van der Waals surface area (Å²) in [6.07, 6.45) is 4.06. The van der Waals surface area contributed by atoms with Crippen LogP contribution in [0.1, 0.15) is 37.1 Å². The van der Waals surface area contributed by atoms with Crippen LogP contribution in [0.3, 0.4) is 0 Å². The van der Waals surface area contributed by atoms with Crippen molar-refractivity contribution in [3.8, 4) is 0 Å². The quantitative estimate of drug-likeness (QED) is 0.861. The largest absolute Gasteiger partial charge is 0.368 e. The molecule has 1 aliphatic carbocycles. The highest BCUT2D eigenvalue weighted by molar-refractivity contribution is 5.76. The molecule has 2 fully saturated rings. The highest BCUT2D eigenvalue weighted by atomic mass is 16.5. The molecule has 7 nitrogen and oxygen atoms in total. The topological polar surface area (TPSA) is 90.5 Å². The Balaban J connectivity index is 1.52. The van der Waals surface area contributed by atoms with Gasteiger partial charge in [0.15, 0.2) is 0 Å². The molecule has 1 spiro atoms. The Hall–Kier alpha value is -1.89. The zero-order valence-corrected chi connectivity index (χ0v) is 14.5. The molecule has 0 radical (unpaired) electrons. The molecule has 0 aromatic carbocycles. The number of hydrogen-bond acceptors (Lipinski definition) is 4. The summed E-state index contributed by atoms with van der Waals surface area (Å²) in [5.74, 6) is -0.306. The molecule has 0 bridgehead atoms. The summed E-state index contributed by atoms with van der Waals surface area (Å²) >= 11 is 0. The van der Waals surface area contributed by atoms with Crippen molar-refractivity contribution in [1.29, 1.82) is 0 Å².